The second-order valence-electron chi connectivity index (χ2n) is 5.11. The van der Waals surface area contributed by atoms with Crippen LogP contribution in [0.5, 0.6) is 0 Å². The predicted molar refractivity (Wildman–Crippen MR) is 55.8 cm³/mol. The normalized spacial score (nSPS) is 28.8. The van der Waals surface area contributed by atoms with Gasteiger partial charge in [-0.1, -0.05) is 0 Å². The summed E-state index contributed by atoms with van der Waals surface area (Å²) in [5.74, 6) is -0.0750. The van der Waals surface area contributed by atoms with E-state index in [0.717, 1.165) is 25.7 Å². The molecular weight excluding hydrogens is 178 g/mol. The SMILES string of the molecule is CC(C)(C)OC1CCC(C(N)=O)CC1. The monoisotopic (exact) mass is 199 g/mol. The molecule has 0 aromatic heterocycles. The lowest BCUT2D eigenvalue weighted by Crippen LogP contribution is -2.34. The molecule has 0 saturated heterocycles. The van der Waals surface area contributed by atoms with Crippen molar-refractivity contribution < 1.29 is 9.53 Å². The summed E-state index contributed by atoms with van der Waals surface area (Å²) < 4.78 is 5.85. The number of hydrogen-bond donors (Lipinski definition) is 1. The minimum absolute atomic E-state index is 0.0785. The van der Waals surface area contributed by atoms with Gasteiger partial charge in [-0.2, -0.15) is 0 Å². The minimum Gasteiger partial charge on any atom is -0.373 e. The van der Waals surface area contributed by atoms with Gasteiger partial charge in [0.05, 0.1) is 11.7 Å². The number of rotatable bonds is 2. The molecule has 0 radical (unpaired) electrons. The molecular formula is C11H21NO2. The van der Waals surface area contributed by atoms with Gasteiger partial charge in [0, 0.05) is 5.92 Å². The van der Waals surface area contributed by atoms with Crippen LogP contribution in [0.4, 0.5) is 0 Å². The molecule has 0 bridgehead atoms. The summed E-state index contributed by atoms with van der Waals surface area (Å²) in [7, 11) is 0. The second-order valence-corrected chi connectivity index (χ2v) is 5.11. The van der Waals surface area contributed by atoms with Crippen LogP contribution in [0.15, 0.2) is 0 Å². The van der Waals surface area contributed by atoms with Gasteiger partial charge in [0.2, 0.25) is 5.91 Å². The molecule has 82 valence electrons. The van der Waals surface area contributed by atoms with E-state index in [0.29, 0.717) is 6.10 Å². The van der Waals surface area contributed by atoms with Crippen LogP contribution in [0.2, 0.25) is 0 Å². The molecule has 1 amide bonds. The highest BCUT2D eigenvalue weighted by atomic mass is 16.5. The number of carbonyl (C=O) groups is 1. The Morgan fingerprint density at radius 2 is 1.71 bits per heavy atom. The molecule has 1 aliphatic carbocycles. The van der Waals surface area contributed by atoms with Gasteiger partial charge in [-0.25, -0.2) is 0 Å². The molecule has 0 aromatic rings. The molecule has 3 nitrogen and oxygen atoms in total. The Kier molecular flexibility index (Phi) is 3.53. The number of carbonyl (C=O) groups excluding carboxylic acids is 1. The summed E-state index contributed by atoms with van der Waals surface area (Å²) in [6.07, 6.45) is 4.01. The Balaban J connectivity index is 2.33. The van der Waals surface area contributed by atoms with E-state index in [1.54, 1.807) is 0 Å². The lowest BCUT2D eigenvalue weighted by molar-refractivity contribution is -0.125. The highest BCUT2D eigenvalue weighted by Gasteiger charge is 2.27. The second kappa shape index (κ2) is 4.30. The fourth-order valence-corrected chi connectivity index (χ4v) is 1.97. The van der Waals surface area contributed by atoms with E-state index in [1.165, 1.54) is 0 Å². The molecule has 0 spiro atoms. The van der Waals surface area contributed by atoms with Crippen molar-refractivity contribution in [2.75, 3.05) is 0 Å². The first-order valence-corrected chi connectivity index (χ1v) is 5.35. The third-order valence-electron chi connectivity index (χ3n) is 2.60. The van der Waals surface area contributed by atoms with Crippen molar-refractivity contribution in [3.05, 3.63) is 0 Å². The summed E-state index contributed by atoms with van der Waals surface area (Å²) in [6, 6.07) is 0. The summed E-state index contributed by atoms with van der Waals surface area (Å²) >= 11 is 0. The molecule has 0 unspecified atom stereocenters. The number of amides is 1. The summed E-state index contributed by atoms with van der Waals surface area (Å²) in [5.41, 5.74) is 5.18. The van der Waals surface area contributed by atoms with Crippen molar-refractivity contribution in [2.45, 2.75) is 58.2 Å². The zero-order valence-corrected chi connectivity index (χ0v) is 9.38. The zero-order valence-electron chi connectivity index (χ0n) is 9.38. The molecule has 0 atom stereocenters. The van der Waals surface area contributed by atoms with Gasteiger partial charge >= 0.3 is 0 Å². The molecule has 14 heavy (non-hydrogen) atoms. The van der Waals surface area contributed by atoms with Gasteiger partial charge in [-0.05, 0) is 46.5 Å². The average molecular weight is 199 g/mol. The van der Waals surface area contributed by atoms with Crippen molar-refractivity contribution >= 4 is 5.91 Å². The molecule has 3 heteroatoms. The number of nitrogens with two attached hydrogens (primary N) is 1. The average Bonchev–Trinajstić information content (AvgIpc) is 2.02. The standard InChI is InChI=1S/C11H21NO2/c1-11(2,3)14-9-6-4-8(5-7-9)10(12)13/h8-9H,4-7H2,1-3H3,(H2,12,13). The van der Waals surface area contributed by atoms with Crippen molar-refractivity contribution in [3.63, 3.8) is 0 Å². The quantitative estimate of drug-likeness (QED) is 0.737. The molecule has 1 aliphatic rings. The Morgan fingerprint density at radius 1 is 1.21 bits per heavy atom. The Morgan fingerprint density at radius 3 is 2.07 bits per heavy atom. The first-order valence-electron chi connectivity index (χ1n) is 5.35. The minimum atomic E-state index is -0.154. The van der Waals surface area contributed by atoms with Gasteiger partial charge in [0.1, 0.15) is 0 Å². The Labute approximate surface area is 86.0 Å². The van der Waals surface area contributed by atoms with Crippen molar-refractivity contribution in [1.29, 1.82) is 0 Å². The van der Waals surface area contributed by atoms with Crippen molar-refractivity contribution in [2.24, 2.45) is 11.7 Å². The number of ether oxygens (including phenoxy) is 1. The highest BCUT2D eigenvalue weighted by molar-refractivity contribution is 5.76. The molecule has 0 aromatic carbocycles. The van der Waals surface area contributed by atoms with Crippen molar-refractivity contribution in [3.8, 4) is 0 Å². The maximum Gasteiger partial charge on any atom is 0.220 e. The summed E-state index contributed by atoms with van der Waals surface area (Å²) in [6.45, 7) is 6.19. The van der Waals surface area contributed by atoms with Crippen LogP contribution in [0, 0.1) is 5.92 Å². The molecule has 1 rings (SSSR count). The Hall–Kier alpha value is -0.570. The van der Waals surface area contributed by atoms with Crippen LogP contribution >= 0.6 is 0 Å². The van der Waals surface area contributed by atoms with E-state index in [9.17, 15) is 4.79 Å². The molecule has 1 saturated carbocycles. The lowest BCUT2D eigenvalue weighted by atomic mass is 9.87. The highest BCUT2D eigenvalue weighted by Crippen LogP contribution is 2.28. The third kappa shape index (κ3) is 3.66. The predicted octanol–water partition coefficient (Wildman–Crippen LogP) is 1.85. The molecule has 2 N–H and O–H groups in total. The van der Waals surface area contributed by atoms with E-state index < -0.39 is 0 Å². The molecule has 1 fully saturated rings. The summed E-state index contributed by atoms with van der Waals surface area (Å²) in [5, 5.41) is 0. The Bertz CT molecular complexity index is 200. The first kappa shape index (κ1) is 11.5. The van der Waals surface area contributed by atoms with Crippen LogP contribution in [0.3, 0.4) is 0 Å². The number of primary amides is 1. The van der Waals surface area contributed by atoms with Crippen LogP contribution in [0.25, 0.3) is 0 Å². The van der Waals surface area contributed by atoms with Gasteiger partial charge in [0.25, 0.3) is 0 Å². The third-order valence-corrected chi connectivity index (χ3v) is 2.60. The number of hydrogen-bond acceptors (Lipinski definition) is 2. The fourth-order valence-electron chi connectivity index (χ4n) is 1.97. The lowest BCUT2D eigenvalue weighted by Gasteiger charge is -2.32. The first-order chi connectivity index (χ1) is 6.38. The van der Waals surface area contributed by atoms with E-state index in [2.05, 4.69) is 20.8 Å². The van der Waals surface area contributed by atoms with Crippen LogP contribution in [0.1, 0.15) is 46.5 Å². The van der Waals surface area contributed by atoms with E-state index in [-0.39, 0.29) is 17.4 Å². The molecule has 0 aliphatic heterocycles. The van der Waals surface area contributed by atoms with E-state index in [1.807, 2.05) is 0 Å². The van der Waals surface area contributed by atoms with Crippen molar-refractivity contribution in [1.82, 2.24) is 0 Å². The van der Waals surface area contributed by atoms with Gasteiger partial charge in [0.15, 0.2) is 0 Å². The maximum atomic E-state index is 10.9. The zero-order chi connectivity index (χ0) is 10.8. The van der Waals surface area contributed by atoms with Crippen LogP contribution in [-0.4, -0.2) is 17.6 Å². The van der Waals surface area contributed by atoms with Gasteiger partial charge in [-0.3, -0.25) is 4.79 Å². The molecule has 0 heterocycles. The van der Waals surface area contributed by atoms with Crippen LogP contribution in [-0.2, 0) is 9.53 Å². The summed E-state index contributed by atoms with van der Waals surface area (Å²) in [4.78, 5) is 10.9. The largest absolute Gasteiger partial charge is 0.373 e. The van der Waals surface area contributed by atoms with Gasteiger partial charge < -0.3 is 10.5 Å². The van der Waals surface area contributed by atoms with Gasteiger partial charge in [-0.15, -0.1) is 0 Å². The smallest absolute Gasteiger partial charge is 0.220 e. The topological polar surface area (TPSA) is 52.3 Å². The van der Waals surface area contributed by atoms with Crippen LogP contribution < -0.4 is 5.73 Å². The maximum absolute atomic E-state index is 10.9. The fraction of sp³-hybridized carbons (Fsp3) is 0.909. The van der Waals surface area contributed by atoms with E-state index in [4.69, 9.17) is 10.5 Å². The van der Waals surface area contributed by atoms with E-state index >= 15 is 0 Å².